The molecule has 1 aromatic carbocycles. The Labute approximate surface area is 235 Å². The fourth-order valence-corrected chi connectivity index (χ4v) is 4.62. The maximum absolute atomic E-state index is 14.8. The Morgan fingerprint density at radius 3 is 2.63 bits per heavy atom. The van der Waals surface area contributed by atoms with Crippen LogP contribution in [0.4, 0.5) is 14.9 Å². The lowest BCUT2D eigenvalue weighted by atomic mass is 10.2. The number of esters is 1. The molecule has 1 fully saturated rings. The molecule has 2 atom stereocenters. The SMILES string of the molecule is COC(=O)c1ccc(-n2cnc3cc(N[C@H]4CN(C(=O)OC(C)(C)C)C[C@H]4F)ccc32)nc1-n1nc(C#N)cc1C. The Morgan fingerprint density at radius 2 is 1.95 bits per heavy atom. The topological polar surface area (TPSA) is 140 Å². The highest BCUT2D eigenvalue weighted by Crippen LogP contribution is 2.26. The van der Waals surface area contributed by atoms with Gasteiger partial charge >= 0.3 is 12.1 Å². The number of imidazole rings is 1. The molecule has 13 heteroatoms. The fraction of sp³-hybridized carbons (Fsp3) is 0.357. The largest absolute Gasteiger partial charge is 0.465 e. The quantitative estimate of drug-likeness (QED) is 0.359. The minimum Gasteiger partial charge on any atom is -0.465 e. The van der Waals surface area contributed by atoms with Gasteiger partial charge in [0.15, 0.2) is 11.5 Å². The van der Waals surface area contributed by atoms with E-state index in [0.29, 0.717) is 28.2 Å². The van der Waals surface area contributed by atoms with Crippen LogP contribution in [0.15, 0.2) is 42.7 Å². The molecule has 1 amide bonds. The summed E-state index contributed by atoms with van der Waals surface area (Å²) in [6, 6.07) is 11.6. The number of nitrogens with zero attached hydrogens (tertiary/aromatic N) is 7. The number of amides is 1. The van der Waals surface area contributed by atoms with E-state index < -0.39 is 29.9 Å². The molecular formula is C28H29FN8O4. The molecule has 1 aliphatic heterocycles. The number of aromatic nitrogens is 5. The number of carbonyl (C=O) groups excluding carboxylic acids is 2. The summed E-state index contributed by atoms with van der Waals surface area (Å²) in [5.74, 6) is 0.0668. The Kier molecular flexibility index (Phi) is 7.08. The van der Waals surface area contributed by atoms with Crippen molar-refractivity contribution in [2.45, 2.75) is 45.5 Å². The third-order valence-corrected chi connectivity index (χ3v) is 6.51. The zero-order chi connectivity index (χ0) is 29.5. The van der Waals surface area contributed by atoms with Crippen LogP contribution in [0.1, 0.15) is 42.5 Å². The normalized spacial score (nSPS) is 17.0. The molecule has 1 N–H and O–H groups in total. The van der Waals surface area contributed by atoms with E-state index in [9.17, 15) is 19.2 Å². The number of likely N-dealkylation sites (tertiary alicyclic amines) is 1. The minimum absolute atomic E-state index is 0.0510. The first-order valence-corrected chi connectivity index (χ1v) is 12.9. The van der Waals surface area contributed by atoms with E-state index in [1.807, 2.05) is 12.1 Å². The Morgan fingerprint density at radius 1 is 1.17 bits per heavy atom. The van der Waals surface area contributed by atoms with Crippen molar-refractivity contribution >= 4 is 28.8 Å². The summed E-state index contributed by atoms with van der Waals surface area (Å²) in [6.45, 7) is 7.18. The number of hydrogen-bond acceptors (Lipinski definition) is 9. The van der Waals surface area contributed by atoms with Gasteiger partial charge in [0.1, 0.15) is 35.6 Å². The molecule has 0 aliphatic carbocycles. The number of halogens is 1. The number of benzene rings is 1. The second-order valence-corrected chi connectivity index (χ2v) is 10.7. The van der Waals surface area contributed by atoms with Gasteiger partial charge in [0.05, 0.1) is 30.7 Å². The molecule has 41 heavy (non-hydrogen) atoms. The molecule has 0 spiro atoms. The molecular weight excluding hydrogens is 531 g/mol. The maximum Gasteiger partial charge on any atom is 0.410 e. The predicted molar refractivity (Wildman–Crippen MR) is 147 cm³/mol. The Balaban J connectivity index is 1.42. The van der Waals surface area contributed by atoms with E-state index in [-0.39, 0.29) is 30.2 Å². The predicted octanol–water partition coefficient (Wildman–Crippen LogP) is 3.94. The summed E-state index contributed by atoms with van der Waals surface area (Å²) in [4.78, 5) is 35.4. The van der Waals surface area contributed by atoms with Gasteiger partial charge in [-0.1, -0.05) is 0 Å². The number of methoxy groups -OCH3 is 1. The van der Waals surface area contributed by atoms with Crippen molar-refractivity contribution in [1.82, 2.24) is 29.2 Å². The van der Waals surface area contributed by atoms with Gasteiger partial charge in [-0.25, -0.2) is 28.6 Å². The van der Waals surface area contributed by atoms with E-state index in [1.165, 1.54) is 16.7 Å². The number of aryl methyl sites for hydroxylation is 1. The third-order valence-electron chi connectivity index (χ3n) is 6.51. The van der Waals surface area contributed by atoms with Crippen LogP contribution in [0.5, 0.6) is 0 Å². The minimum atomic E-state index is -1.26. The van der Waals surface area contributed by atoms with Crippen molar-refractivity contribution in [2.24, 2.45) is 0 Å². The second-order valence-electron chi connectivity index (χ2n) is 10.7. The van der Waals surface area contributed by atoms with Gasteiger partial charge in [0.2, 0.25) is 0 Å². The van der Waals surface area contributed by atoms with Gasteiger partial charge in [-0.2, -0.15) is 10.4 Å². The van der Waals surface area contributed by atoms with E-state index >= 15 is 0 Å². The second kappa shape index (κ2) is 10.5. The van der Waals surface area contributed by atoms with Gasteiger partial charge in [-0.15, -0.1) is 0 Å². The van der Waals surface area contributed by atoms with Crippen molar-refractivity contribution in [3.05, 3.63) is 59.7 Å². The zero-order valence-corrected chi connectivity index (χ0v) is 23.3. The lowest BCUT2D eigenvalue weighted by Gasteiger charge is -2.24. The first-order valence-electron chi connectivity index (χ1n) is 12.9. The molecule has 0 unspecified atom stereocenters. The zero-order valence-electron chi connectivity index (χ0n) is 23.3. The summed E-state index contributed by atoms with van der Waals surface area (Å²) in [6.07, 6.45) is -0.218. The van der Waals surface area contributed by atoms with Gasteiger partial charge in [-0.3, -0.25) is 4.57 Å². The van der Waals surface area contributed by atoms with E-state index in [1.54, 1.807) is 68.9 Å². The van der Waals surface area contributed by atoms with E-state index in [2.05, 4.69) is 20.4 Å². The Bertz CT molecular complexity index is 1680. The number of hydrogen-bond donors (Lipinski definition) is 1. The summed E-state index contributed by atoms with van der Waals surface area (Å²) in [5.41, 5.74) is 2.30. The number of pyridine rings is 1. The van der Waals surface area contributed by atoms with E-state index in [0.717, 1.165) is 0 Å². The van der Waals surface area contributed by atoms with Crippen LogP contribution in [0.2, 0.25) is 0 Å². The molecule has 4 heterocycles. The molecule has 5 rings (SSSR count). The molecule has 0 radical (unpaired) electrons. The van der Waals surface area contributed by atoms with E-state index in [4.69, 9.17) is 9.47 Å². The standard InChI is InChI=1S/C28H29FN8O4/c1-16-10-18(12-30)34-37(16)25-19(26(38)40-5)7-9-24(33-25)36-15-31-21-11-17(6-8-23(21)36)32-22-14-35(13-20(22)29)27(39)41-28(2,3)4/h6-11,15,20,22,32H,13-14H2,1-5H3/t20-,22+/m1/s1. The highest BCUT2D eigenvalue weighted by molar-refractivity contribution is 5.93. The van der Waals surface area contributed by atoms with Crippen LogP contribution in [0, 0.1) is 18.3 Å². The lowest BCUT2D eigenvalue weighted by molar-refractivity contribution is 0.0283. The number of carbonyl (C=O) groups is 2. The summed E-state index contributed by atoms with van der Waals surface area (Å²) >= 11 is 0. The maximum atomic E-state index is 14.8. The van der Waals surface area contributed by atoms with Crippen LogP contribution in [0.3, 0.4) is 0 Å². The average Bonchev–Trinajstić information content (AvgIpc) is 3.63. The van der Waals surface area contributed by atoms with Crippen LogP contribution >= 0.6 is 0 Å². The molecule has 3 aromatic heterocycles. The first kappa shape index (κ1) is 27.6. The molecule has 0 saturated carbocycles. The molecule has 1 aliphatic rings. The summed E-state index contributed by atoms with van der Waals surface area (Å²) < 4.78 is 28.3. The number of nitriles is 1. The van der Waals surface area contributed by atoms with Gasteiger partial charge in [-0.05, 0) is 64.1 Å². The summed E-state index contributed by atoms with van der Waals surface area (Å²) in [7, 11) is 1.28. The number of nitrogens with one attached hydrogen (secondary N) is 1. The van der Waals surface area contributed by atoms with Crippen LogP contribution in [-0.4, -0.2) is 79.3 Å². The summed E-state index contributed by atoms with van der Waals surface area (Å²) in [5, 5.41) is 16.7. The van der Waals surface area contributed by atoms with Gasteiger partial charge in [0.25, 0.3) is 0 Å². The molecule has 0 bridgehead atoms. The van der Waals surface area contributed by atoms with Crippen molar-refractivity contribution < 1.29 is 23.5 Å². The number of anilines is 1. The third kappa shape index (κ3) is 5.54. The number of ether oxygens (including phenoxy) is 2. The van der Waals surface area contributed by atoms with Crippen molar-refractivity contribution in [2.75, 3.05) is 25.5 Å². The Hall–Kier alpha value is -4.99. The van der Waals surface area contributed by atoms with Gasteiger partial charge < -0.3 is 19.7 Å². The monoisotopic (exact) mass is 560 g/mol. The lowest BCUT2D eigenvalue weighted by Crippen LogP contribution is -2.36. The van der Waals surface area contributed by atoms with Crippen LogP contribution in [0.25, 0.3) is 22.7 Å². The number of rotatable bonds is 5. The molecule has 1 saturated heterocycles. The number of fused-ring (bicyclic) bond motifs is 1. The van der Waals surface area contributed by atoms with Crippen molar-refractivity contribution in [1.29, 1.82) is 5.26 Å². The van der Waals surface area contributed by atoms with Crippen molar-refractivity contribution in [3.63, 3.8) is 0 Å². The van der Waals surface area contributed by atoms with Crippen LogP contribution in [-0.2, 0) is 9.47 Å². The average molecular weight is 561 g/mol. The smallest absolute Gasteiger partial charge is 0.410 e. The first-order chi connectivity index (χ1) is 19.5. The van der Waals surface area contributed by atoms with Gasteiger partial charge in [0, 0.05) is 17.9 Å². The molecule has 12 nitrogen and oxygen atoms in total. The highest BCUT2D eigenvalue weighted by atomic mass is 19.1. The number of alkyl halides is 1. The van der Waals surface area contributed by atoms with Crippen molar-refractivity contribution in [3.8, 4) is 17.7 Å². The molecule has 4 aromatic rings. The highest BCUT2D eigenvalue weighted by Gasteiger charge is 2.37. The van der Waals surface area contributed by atoms with Crippen LogP contribution < -0.4 is 5.32 Å². The fourth-order valence-electron chi connectivity index (χ4n) is 4.62. The molecule has 212 valence electrons.